The third-order valence-electron chi connectivity index (χ3n) is 2.34. The van der Waals surface area contributed by atoms with Crippen molar-refractivity contribution in [2.75, 3.05) is 6.54 Å². The normalized spacial score (nSPS) is 13.1. The first kappa shape index (κ1) is 15.8. The summed E-state index contributed by atoms with van der Waals surface area (Å²) in [6.07, 6.45) is 5.69. The first-order valence-corrected chi connectivity index (χ1v) is 6.50. The number of aliphatic hydroxyl groups is 1. The van der Waals surface area contributed by atoms with Crippen molar-refractivity contribution < 1.29 is 9.90 Å². The van der Waals surface area contributed by atoms with Crippen LogP contribution in [-0.4, -0.2) is 17.6 Å². The molecule has 1 aromatic carbocycles. The minimum absolute atomic E-state index is 0.0837. The van der Waals surface area contributed by atoms with Gasteiger partial charge in [-0.2, -0.15) is 0 Å². The predicted molar refractivity (Wildman–Crippen MR) is 78.4 cm³/mol. The summed E-state index contributed by atoms with van der Waals surface area (Å²) < 4.78 is 0. The van der Waals surface area contributed by atoms with Gasteiger partial charge in [0.2, 0.25) is 5.91 Å². The van der Waals surface area contributed by atoms with Crippen LogP contribution < -0.4 is 5.32 Å². The molecule has 0 radical (unpaired) electrons. The van der Waals surface area contributed by atoms with Crippen LogP contribution in [0.1, 0.15) is 18.6 Å². The van der Waals surface area contributed by atoms with Crippen LogP contribution in [0.25, 0.3) is 0 Å². The molecule has 0 aliphatic rings. The number of allylic oxidation sites excluding steroid dienone is 3. The van der Waals surface area contributed by atoms with Gasteiger partial charge in [-0.05, 0) is 19.1 Å². The number of rotatable bonds is 5. The number of halogens is 2. The summed E-state index contributed by atoms with van der Waals surface area (Å²) in [6, 6.07) is 4.83. The van der Waals surface area contributed by atoms with Crippen molar-refractivity contribution in [3.63, 3.8) is 0 Å². The molecule has 102 valence electrons. The second-order valence-electron chi connectivity index (χ2n) is 3.81. The molecule has 3 nitrogen and oxygen atoms in total. The maximum Gasteiger partial charge on any atom is 0.244 e. The van der Waals surface area contributed by atoms with E-state index >= 15 is 0 Å². The average molecular weight is 300 g/mol. The SMILES string of the molecule is CC=CC=CC(=O)NCC(O)c1ccc(Cl)cc1Cl. The van der Waals surface area contributed by atoms with Gasteiger partial charge in [0, 0.05) is 28.2 Å². The number of nitrogens with one attached hydrogen (secondary N) is 1. The fourth-order valence-corrected chi connectivity index (χ4v) is 1.93. The van der Waals surface area contributed by atoms with Gasteiger partial charge < -0.3 is 10.4 Å². The van der Waals surface area contributed by atoms with Gasteiger partial charge in [0.05, 0.1) is 6.10 Å². The van der Waals surface area contributed by atoms with E-state index in [-0.39, 0.29) is 12.5 Å². The van der Waals surface area contributed by atoms with Crippen LogP contribution in [0, 0.1) is 0 Å². The Morgan fingerprint density at radius 1 is 1.42 bits per heavy atom. The quantitative estimate of drug-likeness (QED) is 0.647. The van der Waals surface area contributed by atoms with Crippen LogP contribution in [-0.2, 0) is 4.79 Å². The lowest BCUT2D eigenvalue weighted by atomic mass is 10.1. The summed E-state index contributed by atoms with van der Waals surface area (Å²) in [5, 5.41) is 13.4. The summed E-state index contributed by atoms with van der Waals surface area (Å²) in [4.78, 5) is 11.4. The predicted octanol–water partition coefficient (Wildman–Crippen LogP) is 3.28. The highest BCUT2D eigenvalue weighted by Crippen LogP contribution is 2.25. The summed E-state index contributed by atoms with van der Waals surface area (Å²) in [5.74, 6) is -0.276. The molecule has 0 spiro atoms. The van der Waals surface area contributed by atoms with Crippen molar-refractivity contribution in [3.05, 3.63) is 58.1 Å². The highest BCUT2D eigenvalue weighted by molar-refractivity contribution is 6.35. The number of amides is 1. The summed E-state index contributed by atoms with van der Waals surface area (Å²) in [5.41, 5.74) is 0.531. The van der Waals surface area contributed by atoms with Gasteiger partial charge in [-0.25, -0.2) is 0 Å². The third-order valence-corrected chi connectivity index (χ3v) is 2.90. The van der Waals surface area contributed by atoms with E-state index in [9.17, 15) is 9.90 Å². The second-order valence-corrected chi connectivity index (χ2v) is 4.66. The standard InChI is InChI=1S/C14H15Cl2NO2/c1-2-3-4-5-14(19)17-9-13(18)11-7-6-10(15)8-12(11)16/h2-8,13,18H,9H2,1H3,(H,17,19). The number of hydrogen-bond donors (Lipinski definition) is 2. The smallest absolute Gasteiger partial charge is 0.244 e. The van der Waals surface area contributed by atoms with Crippen LogP contribution in [0.5, 0.6) is 0 Å². The van der Waals surface area contributed by atoms with Crippen LogP contribution >= 0.6 is 23.2 Å². The van der Waals surface area contributed by atoms with E-state index in [1.165, 1.54) is 6.08 Å². The van der Waals surface area contributed by atoms with Gasteiger partial charge in [0.25, 0.3) is 0 Å². The van der Waals surface area contributed by atoms with E-state index < -0.39 is 6.10 Å². The zero-order chi connectivity index (χ0) is 14.3. The maximum atomic E-state index is 11.4. The molecule has 1 aromatic rings. The molecule has 0 fully saturated rings. The Hall–Kier alpha value is -1.29. The lowest BCUT2D eigenvalue weighted by Crippen LogP contribution is -2.26. The Balaban J connectivity index is 2.55. The first-order chi connectivity index (χ1) is 9.04. The molecule has 19 heavy (non-hydrogen) atoms. The molecule has 0 aromatic heterocycles. The number of hydrogen-bond acceptors (Lipinski definition) is 2. The molecular formula is C14H15Cl2NO2. The Kier molecular flexibility index (Phi) is 6.64. The van der Waals surface area contributed by atoms with Crippen molar-refractivity contribution in [1.29, 1.82) is 0 Å². The second kappa shape index (κ2) is 8.00. The van der Waals surface area contributed by atoms with Gasteiger partial charge in [-0.15, -0.1) is 0 Å². The van der Waals surface area contributed by atoms with Crippen LogP contribution in [0.2, 0.25) is 10.0 Å². The minimum atomic E-state index is -0.871. The number of aliphatic hydroxyl groups excluding tert-OH is 1. The zero-order valence-electron chi connectivity index (χ0n) is 10.4. The minimum Gasteiger partial charge on any atom is -0.387 e. The third kappa shape index (κ3) is 5.47. The molecule has 0 heterocycles. The highest BCUT2D eigenvalue weighted by Gasteiger charge is 2.12. The average Bonchev–Trinajstić information content (AvgIpc) is 2.36. The van der Waals surface area contributed by atoms with E-state index in [2.05, 4.69) is 5.32 Å². The van der Waals surface area contributed by atoms with Crippen LogP contribution in [0.3, 0.4) is 0 Å². The molecule has 0 saturated heterocycles. The lowest BCUT2D eigenvalue weighted by molar-refractivity contribution is -0.116. The van der Waals surface area contributed by atoms with Crippen LogP contribution in [0.4, 0.5) is 0 Å². The van der Waals surface area contributed by atoms with E-state index in [0.717, 1.165) is 0 Å². The van der Waals surface area contributed by atoms with Crippen molar-refractivity contribution in [2.24, 2.45) is 0 Å². The molecular weight excluding hydrogens is 285 g/mol. The van der Waals surface area contributed by atoms with Crippen molar-refractivity contribution in [3.8, 4) is 0 Å². The Morgan fingerprint density at radius 2 is 2.16 bits per heavy atom. The maximum absolute atomic E-state index is 11.4. The summed E-state index contributed by atoms with van der Waals surface area (Å²) in [6.45, 7) is 1.94. The number of carbonyl (C=O) groups is 1. The topological polar surface area (TPSA) is 49.3 Å². The number of carbonyl (C=O) groups excluding carboxylic acids is 1. The van der Waals surface area contributed by atoms with E-state index in [0.29, 0.717) is 15.6 Å². The molecule has 5 heteroatoms. The van der Waals surface area contributed by atoms with Gasteiger partial charge >= 0.3 is 0 Å². The van der Waals surface area contributed by atoms with Gasteiger partial charge in [0.15, 0.2) is 0 Å². The largest absolute Gasteiger partial charge is 0.387 e. The van der Waals surface area contributed by atoms with Crippen molar-refractivity contribution in [1.82, 2.24) is 5.32 Å². The Morgan fingerprint density at radius 3 is 2.79 bits per heavy atom. The molecule has 0 aliphatic heterocycles. The molecule has 0 bridgehead atoms. The van der Waals surface area contributed by atoms with Crippen molar-refractivity contribution in [2.45, 2.75) is 13.0 Å². The molecule has 0 saturated carbocycles. The molecule has 1 unspecified atom stereocenters. The fourth-order valence-electron chi connectivity index (χ4n) is 1.39. The Labute approximate surface area is 122 Å². The molecule has 2 N–H and O–H groups in total. The van der Waals surface area contributed by atoms with Gasteiger partial charge in [-0.1, -0.05) is 47.5 Å². The fraction of sp³-hybridized carbons (Fsp3) is 0.214. The summed E-state index contributed by atoms with van der Waals surface area (Å²) in [7, 11) is 0. The van der Waals surface area contributed by atoms with Gasteiger partial charge in [-0.3, -0.25) is 4.79 Å². The molecule has 1 atom stereocenters. The lowest BCUT2D eigenvalue weighted by Gasteiger charge is -2.13. The monoisotopic (exact) mass is 299 g/mol. The van der Waals surface area contributed by atoms with Crippen molar-refractivity contribution >= 4 is 29.1 Å². The van der Waals surface area contributed by atoms with Crippen LogP contribution in [0.15, 0.2) is 42.5 Å². The zero-order valence-corrected chi connectivity index (χ0v) is 11.9. The highest BCUT2D eigenvalue weighted by atomic mass is 35.5. The molecule has 1 amide bonds. The summed E-state index contributed by atoms with van der Waals surface area (Å²) >= 11 is 11.7. The van der Waals surface area contributed by atoms with E-state index in [1.807, 2.05) is 13.0 Å². The van der Waals surface area contributed by atoms with E-state index in [4.69, 9.17) is 23.2 Å². The first-order valence-electron chi connectivity index (χ1n) is 5.74. The molecule has 1 rings (SSSR count). The molecule has 0 aliphatic carbocycles. The Bertz CT molecular complexity index is 498. The van der Waals surface area contributed by atoms with Gasteiger partial charge in [0.1, 0.15) is 0 Å². The number of benzene rings is 1. The van der Waals surface area contributed by atoms with E-state index in [1.54, 1.807) is 30.4 Å².